The van der Waals surface area contributed by atoms with Crippen LogP contribution in [-0.4, -0.2) is 12.3 Å². The molecule has 0 atom stereocenters. The molecule has 0 aliphatic carbocycles. The lowest BCUT2D eigenvalue weighted by Gasteiger charge is -2.09. The van der Waals surface area contributed by atoms with Gasteiger partial charge in [0.1, 0.15) is 5.75 Å². The largest absolute Gasteiger partial charge is 0.573 e. The van der Waals surface area contributed by atoms with Gasteiger partial charge in [-0.3, -0.25) is 4.79 Å². The van der Waals surface area contributed by atoms with Gasteiger partial charge in [-0.1, -0.05) is 12.1 Å². The highest BCUT2D eigenvalue weighted by atomic mass is 32.1. The highest BCUT2D eigenvalue weighted by Gasteiger charge is 2.31. The molecule has 0 aliphatic heterocycles. The quantitative estimate of drug-likeness (QED) is 0.940. The molecule has 0 fully saturated rings. The Morgan fingerprint density at radius 2 is 1.79 bits per heavy atom. The lowest BCUT2D eigenvalue weighted by molar-refractivity contribution is -0.274. The van der Waals surface area contributed by atoms with Crippen molar-refractivity contribution >= 4 is 17.2 Å². The number of halogens is 3. The number of carbonyl (C=O) groups excluding carboxylic acids is 1. The minimum absolute atomic E-state index is 0.313. The van der Waals surface area contributed by atoms with Crippen molar-refractivity contribution < 1.29 is 22.7 Å². The van der Waals surface area contributed by atoms with Gasteiger partial charge in [0, 0.05) is 5.56 Å². The van der Waals surface area contributed by atoms with E-state index in [0.29, 0.717) is 16.0 Å². The number of benzene rings is 1. The number of nitrogens with two attached hydrogens (primary N) is 1. The maximum Gasteiger partial charge on any atom is 0.573 e. The minimum Gasteiger partial charge on any atom is -0.406 e. The molecule has 0 radical (unpaired) electrons. The first-order chi connectivity index (χ1) is 8.87. The molecule has 0 aliphatic rings. The molecule has 1 aromatic carbocycles. The third-order valence-corrected chi connectivity index (χ3v) is 3.22. The van der Waals surface area contributed by atoms with Crippen LogP contribution in [0.2, 0.25) is 0 Å². The first-order valence-electron chi connectivity index (χ1n) is 5.10. The number of primary amides is 1. The molecule has 2 rings (SSSR count). The third kappa shape index (κ3) is 3.25. The van der Waals surface area contributed by atoms with E-state index >= 15 is 0 Å². The molecule has 0 unspecified atom stereocenters. The van der Waals surface area contributed by atoms with E-state index < -0.39 is 12.3 Å². The summed E-state index contributed by atoms with van der Waals surface area (Å²) in [6, 6.07) is 6.94. The van der Waals surface area contributed by atoms with E-state index in [4.69, 9.17) is 5.73 Å². The average Bonchev–Trinajstić information content (AvgIpc) is 2.76. The van der Waals surface area contributed by atoms with Crippen LogP contribution in [-0.2, 0) is 0 Å². The number of amides is 1. The summed E-state index contributed by atoms with van der Waals surface area (Å²) in [5, 5.41) is 1.69. The van der Waals surface area contributed by atoms with Crippen LogP contribution >= 0.6 is 11.3 Å². The number of hydrogen-bond donors (Lipinski definition) is 1. The maximum atomic E-state index is 12.0. The van der Waals surface area contributed by atoms with E-state index in [1.54, 1.807) is 11.4 Å². The van der Waals surface area contributed by atoms with Crippen LogP contribution < -0.4 is 10.5 Å². The van der Waals surface area contributed by atoms with Crippen molar-refractivity contribution in [3.63, 3.8) is 0 Å². The zero-order valence-corrected chi connectivity index (χ0v) is 10.2. The van der Waals surface area contributed by atoms with Crippen molar-refractivity contribution in [2.75, 3.05) is 0 Å². The molecular formula is C12H8F3NO2S. The molecule has 1 aromatic heterocycles. The summed E-state index contributed by atoms with van der Waals surface area (Å²) < 4.78 is 39.8. The summed E-state index contributed by atoms with van der Waals surface area (Å²) in [5.41, 5.74) is 6.40. The molecule has 0 spiro atoms. The van der Waals surface area contributed by atoms with Gasteiger partial charge < -0.3 is 10.5 Å². The van der Waals surface area contributed by atoms with E-state index in [-0.39, 0.29) is 5.75 Å². The van der Waals surface area contributed by atoms with Gasteiger partial charge in [0.25, 0.3) is 5.91 Å². The zero-order valence-electron chi connectivity index (χ0n) is 9.40. The van der Waals surface area contributed by atoms with E-state index in [9.17, 15) is 18.0 Å². The van der Waals surface area contributed by atoms with Crippen LogP contribution in [0.1, 0.15) is 9.67 Å². The van der Waals surface area contributed by atoms with Crippen LogP contribution in [0.25, 0.3) is 11.1 Å². The topological polar surface area (TPSA) is 52.3 Å². The SMILES string of the molecule is NC(=O)c1sccc1-c1ccc(OC(F)(F)F)cc1. The Kier molecular flexibility index (Phi) is 3.48. The summed E-state index contributed by atoms with van der Waals surface area (Å²) in [6.45, 7) is 0. The molecule has 2 N–H and O–H groups in total. The van der Waals surface area contributed by atoms with Gasteiger partial charge in [-0.05, 0) is 29.1 Å². The molecule has 0 saturated heterocycles. The van der Waals surface area contributed by atoms with Crippen LogP contribution in [0.4, 0.5) is 13.2 Å². The fourth-order valence-corrected chi connectivity index (χ4v) is 2.33. The summed E-state index contributed by atoms with van der Waals surface area (Å²) >= 11 is 1.18. The molecule has 19 heavy (non-hydrogen) atoms. The fraction of sp³-hybridized carbons (Fsp3) is 0.0833. The summed E-state index contributed by atoms with van der Waals surface area (Å²) in [6.07, 6.45) is -4.72. The molecule has 3 nitrogen and oxygen atoms in total. The monoisotopic (exact) mass is 287 g/mol. The molecule has 7 heteroatoms. The molecule has 1 amide bonds. The summed E-state index contributed by atoms with van der Waals surface area (Å²) in [5.74, 6) is -0.882. The smallest absolute Gasteiger partial charge is 0.406 e. The molecular weight excluding hydrogens is 279 g/mol. The van der Waals surface area contributed by atoms with Gasteiger partial charge >= 0.3 is 6.36 Å². The van der Waals surface area contributed by atoms with Crippen molar-refractivity contribution in [2.45, 2.75) is 6.36 Å². The Morgan fingerprint density at radius 1 is 1.16 bits per heavy atom. The van der Waals surface area contributed by atoms with Gasteiger partial charge in [0.2, 0.25) is 0 Å². The van der Waals surface area contributed by atoms with Crippen molar-refractivity contribution in [3.05, 3.63) is 40.6 Å². The molecule has 0 saturated carbocycles. The van der Waals surface area contributed by atoms with Crippen LogP contribution in [0.5, 0.6) is 5.75 Å². The van der Waals surface area contributed by atoms with Crippen LogP contribution in [0, 0.1) is 0 Å². The number of alkyl halides is 3. The standard InChI is InChI=1S/C12H8F3NO2S/c13-12(14,15)18-8-3-1-7(2-4-8)9-5-6-19-10(9)11(16)17/h1-6H,(H2,16,17). The first kappa shape index (κ1) is 13.4. The van der Waals surface area contributed by atoms with Gasteiger partial charge in [-0.15, -0.1) is 24.5 Å². The van der Waals surface area contributed by atoms with Crippen molar-refractivity contribution in [1.82, 2.24) is 0 Å². The minimum atomic E-state index is -4.72. The number of carbonyl (C=O) groups is 1. The molecule has 2 aromatic rings. The Labute approximate surface area is 110 Å². The predicted molar refractivity (Wildman–Crippen MR) is 65.0 cm³/mol. The second-order valence-corrected chi connectivity index (χ2v) is 4.52. The lowest BCUT2D eigenvalue weighted by atomic mass is 10.1. The number of ether oxygens (including phenoxy) is 1. The van der Waals surface area contributed by atoms with Gasteiger partial charge in [-0.25, -0.2) is 0 Å². The second-order valence-electron chi connectivity index (χ2n) is 3.60. The highest BCUT2D eigenvalue weighted by molar-refractivity contribution is 7.12. The average molecular weight is 287 g/mol. The highest BCUT2D eigenvalue weighted by Crippen LogP contribution is 2.30. The van der Waals surface area contributed by atoms with Gasteiger partial charge in [-0.2, -0.15) is 0 Å². The lowest BCUT2D eigenvalue weighted by Crippen LogP contribution is -2.16. The van der Waals surface area contributed by atoms with E-state index in [1.165, 1.54) is 35.6 Å². The van der Waals surface area contributed by atoms with Crippen molar-refractivity contribution in [2.24, 2.45) is 5.73 Å². The van der Waals surface area contributed by atoms with E-state index in [2.05, 4.69) is 4.74 Å². The Bertz CT molecular complexity index is 590. The van der Waals surface area contributed by atoms with Gasteiger partial charge in [0.05, 0.1) is 4.88 Å². The summed E-state index contributed by atoms with van der Waals surface area (Å²) in [7, 11) is 0. The van der Waals surface area contributed by atoms with Crippen molar-refractivity contribution in [3.8, 4) is 16.9 Å². The summed E-state index contributed by atoms with van der Waals surface area (Å²) in [4.78, 5) is 11.5. The Balaban J connectivity index is 2.28. The fourth-order valence-electron chi connectivity index (χ4n) is 1.56. The normalized spacial score (nSPS) is 11.3. The van der Waals surface area contributed by atoms with Gasteiger partial charge in [0.15, 0.2) is 0 Å². The first-order valence-corrected chi connectivity index (χ1v) is 5.98. The number of rotatable bonds is 3. The molecule has 1 heterocycles. The third-order valence-electron chi connectivity index (χ3n) is 2.29. The number of thiophene rings is 1. The van der Waals surface area contributed by atoms with Crippen LogP contribution in [0.3, 0.4) is 0 Å². The van der Waals surface area contributed by atoms with Crippen molar-refractivity contribution in [1.29, 1.82) is 0 Å². The zero-order chi connectivity index (χ0) is 14.0. The predicted octanol–water partition coefficient (Wildman–Crippen LogP) is 3.41. The van der Waals surface area contributed by atoms with E-state index in [0.717, 1.165) is 0 Å². The molecule has 100 valence electrons. The Morgan fingerprint density at radius 3 is 2.32 bits per heavy atom. The maximum absolute atomic E-state index is 12.0. The van der Waals surface area contributed by atoms with Crippen LogP contribution in [0.15, 0.2) is 35.7 Å². The van der Waals surface area contributed by atoms with E-state index in [1.807, 2.05) is 0 Å². The molecule has 0 bridgehead atoms. The number of hydrogen-bond acceptors (Lipinski definition) is 3. The Hall–Kier alpha value is -2.02. The second kappa shape index (κ2) is 4.93.